The van der Waals surface area contributed by atoms with Crippen molar-refractivity contribution >= 4 is 0 Å². The second-order valence-electron chi connectivity index (χ2n) is 6.10. The maximum atomic E-state index is 12.2. The minimum absolute atomic E-state index is 0.124. The van der Waals surface area contributed by atoms with E-state index in [1.165, 1.54) is 12.6 Å². The first kappa shape index (κ1) is 14.8. The molecule has 0 radical (unpaired) electrons. The van der Waals surface area contributed by atoms with E-state index in [0.29, 0.717) is 6.54 Å². The molecule has 6 heteroatoms. The molecule has 0 N–H and O–H groups in total. The van der Waals surface area contributed by atoms with Crippen LogP contribution in [0.3, 0.4) is 0 Å². The Labute approximate surface area is 139 Å². The van der Waals surface area contributed by atoms with Gasteiger partial charge < -0.3 is 9.13 Å². The van der Waals surface area contributed by atoms with E-state index >= 15 is 0 Å². The van der Waals surface area contributed by atoms with E-state index in [1.807, 2.05) is 30.3 Å². The average molecular weight is 321 g/mol. The summed E-state index contributed by atoms with van der Waals surface area (Å²) >= 11 is 0. The van der Waals surface area contributed by atoms with Crippen LogP contribution in [0.4, 0.5) is 0 Å². The summed E-state index contributed by atoms with van der Waals surface area (Å²) in [5, 5.41) is 8.62. The van der Waals surface area contributed by atoms with Gasteiger partial charge in [0, 0.05) is 24.7 Å². The van der Waals surface area contributed by atoms with Gasteiger partial charge in [-0.05, 0) is 12.8 Å². The summed E-state index contributed by atoms with van der Waals surface area (Å²) in [5.74, 6) is 1.88. The summed E-state index contributed by atoms with van der Waals surface area (Å²) in [4.78, 5) is 16.5. The number of rotatable bonds is 3. The first-order valence-electron chi connectivity index (χ1n) is 8.34. The SMILES string of the molecule is O=c1cnc(-c2ccccc2)cn1Cc1nnc2n1CCCCC2. The minimum atomic E-state index is -0.124. The van der Waals surface area contributed by atoms with Crippen molar-refractivity contribution in [3.63, 3.8) is 0 Å². The molecule has 0 bridgehead atoms. The van der Waals surface area contributed by atoms with E-state index in [9.17, 15) is 4.79 Å². The van der Waals surface area contributed by atoms with Gasteiger partial charge in [-0.15, -0.1) is 10.2 Å². The van der Waals surface area contributed by atoms with Gasteiger partial charge in [-0.25, -0.2) is 4.98 Å². The summed E-state index contributed by atoms with van der Waals surface area (Å²) in [6, 6.07) is 9.86. The Balaban J connectivity index is 1.68. The van der Waals surface area contributed by atoms with Gasteiger partial charge in [-0.3, -0.25) is 4.79 Å². The fourth-order valence-electron chi connectivity index (χ4n) is 3.14. The van der Waals surface area contributed by atoms with Crippen molar-refractivity contribution < 1.29 is 0 Å². The molecule has 1 aromatic carbocycles. The van der Waals surface area contributed by atoms with E-state index < -0.39 is 0 Å². The Morgan fingerprint density at radius 3 is 2.79 bits per heavy atom. The van der Waals surface area contributed by atoms with Crippen molar-refractivity contribution in [1.82, 2.24) is 24.3 Å². The van der Waals surface area contributed by atoms with Gasteiger partial charge in [0.15, 0.2) is 5.82 Å². The molecule has 3 heterocycles. The highest BCUT2D eigenvalue weighted by atomic mass is 16.1. The van der Waals surface area contributed by atoms with Gasteiger partial charge in [0.1, 0.15) is 5.82 Å². The highest BCUT2D eigenvalue weighted by Gasteiger charge is 2.15. The van der Waals surface area contributed by atoms with Crippen LogP contribution in [-0.2, 0) is 19.5 Å². The summed E-state index contributed by atoms with van der Waals surface area (Å²) in [6.45, 7) is 1.36. The molecule has 1 aliphatic rings. The van der Waals surface area contributed by atoms with E-state index in [2.05, 4.69) is 19.7 Å². The van der Waals surface area contributed by atoms with Crippen LogP contribution < -0.4 is 5.56 Å². The van der Waals surface area contributed by atoms with Crippen LogP contribution in [0, 0.1) is 0 Å². The Bertz CT molecular complexity index is 897. The lowest BCUT2D eigenvalue weighted by molar-refractivity contribution is 0.583. The monoisotopic (exact) mass is 321 g/mol. The molecule has 0 fully saturated rings. The quantitative estimate of drug-likeness (QED) is 0.742. The van der Waals surface area contributed by atoms with Crippen LogP contribution in [0.2, 0.25) is 0 Å². The lowest BCUT2D eigenvalue weighted by Crippen LogP contribution is -2.22. The van der Waals surface area contributed by atoms with Gasteiger partial charge in [0.05, 0.1) is 18.4 Å². The van der Waals surface area contributed by atoms with Crippen LogP contribution in [0.5, 0.6) is 0 Å². The number of aryl methyl sites for hydroxylation is 1. The summed E-state index contributed by atoms with van der Waals surface area (Å²) < 4.78 is 3.83. The number of hydrogen-bond acceptors (Lipinski definition) is 4. The molecule has 0 aliphatic carbocycles. The Hall–Kier alpha value is -2.76. The first-order chi connectivity index (χ1) is 11.8. The summed E-state index contributed by atoms with van der Waals surface area (Å²) in [7, 11) is 0. The zero-order chi connectivity index (χ0) is 16.4. The van der Waals surface area contributed by atoms with Crippen molar-refractivity contribution in [3.8, 4) is 11.3 Å². The molecular weight excluding hydrogens is 302 g/mol. The Kier molecular flexibility index (Phi) is 3.94. The molecular formula is C18H19N5O. The predicted molar refractivity (Wildman–Crippen MR) is 90.6 cm³/mol. The average Bonchev–Trinajstić information content (AvgIpc) is 2.84. The fraction of sp³-hybridized carbons (Fsp3) is 0.333. The number of fused-ring (bicyclic) bond motifs is 1. The van der Waals surface area contributed by atoms with Crippen LogP contribution in [0.25, 0.3) is 11.3 Å². The van der Waals surface area contributed by atoms with E-state index in [0.717, 1.165) is 48.7 Å². The van der Waals surface area contributed by atoms with Crippen molar-refractivity contribution in [2.45, 2.75) is 38.8 Å². The molecule has 24 heavy (non-hydrogen) atoms. The van der Waals surface area contributed by atoms with Crippen molar-refractivity contribution in [2.24, 2.45) is 0 Å². The standard InChI is InChI=1S/C18H19N5O/c24-18-11-19-15(14-7-3-1-4-8-14)12-22(18)13-17-21-20-16-9-5-2-6-10-23(16)17/h1,3-4,7-8,11-12H,2,5-6,9-10,13H2. The van der Waals surface area contributed by atoms with Crippen molar-refractivity contribution in [2.75, 3.05) is 0 Å². The molecule has 0 atom stereocenters. The maximum Gasteiger partial charge on any atom is 0.269 e. The normalized spacial score (nSPS) is 14.2. The third kappa shape index (κ3) is 2.87. The van der Waals surface area contributed by atoms with Crippen LogP contribution in [0.15, 0.2) is 47.5 Å². The van der Waals surface area contributed by atoms with Crippen molar-refractivity contribution in [3.05, 3.63) is 64.7 Å². The number of nitrogens with zero attached hydrogens (tertiary/aromatic N) is 5. The van der Waals surface area contributed by atoms with E-state index in [4.69, 9.17) is 0 Å². The molecule has 4 rings (SSSR count). The Morgan fingerprint density at radius 1 is 1.04 bits per heavy atom. The highest BCUT2D eigenvalue weighted by molar-refractivity contribution is 5.57. The number of hydrogen-bond donors (Lipinski definition) is 0. The van der Waals surface area contributed by atoms with E-state index in [-0.39, 0.29) is 5.56 Å². The van der Waals surface area contributed by atoms with Gasteiger partial charge in [-0.1, -0.05) is 36.8 Å². The maximum absolute atomic E-state index is 12.2. The molecule has 0 amide bonds. The highest BCUT2D eigenvalue weighted by Crippen LogP contribution is 2.16. The van der Waals surface area contributed by atoms with Crippen molar-refractivity contribution in [1.29, 1.82) is 0 Å². The molecule has 6 nitrogen and oxygen atoms in total. The van der Waals surface area contributed by atoms with Gasteiger partial charge in [-0.2, -0.15) is 0 Å². The zero-order valence-electron chi connectivity index (χ0n) is 13.4. The van der Waals surface area contributed by atoms with Gasteiger partial charge in [0.25, 0.3) is 5.56 Å². The second kappa shape index (κ2) is 6.39. The van der Waals surface area contributed by atoms with Gasteiger partial charge in [0.2, 0.25) is 0 Å². The third-order valence-electron chi connectivity index (χ3n) is 4.44. The molecule has 2 aromatic heterocycles. The first-order valence-corrected chi connectivity index (χ1v) is 8.34. The second-order valence-corrected chi connectivity index (χ2v) is 6.10. The molecule has 0 saturated carbocycles. The van der Waals surface area contributed by atoms with Crippen LogP contribution in [0.1, 0.15) is 30.9 Å². The predicted octanol–water partition coefficient (Wildman–Crippen LogP) is 2.28. The number of aromatic nitrogens is 5. The molecule has 1 aliphatic heterocycles. The number of benzene rings is 1. The molecule has 0 unspecified atom stereocenters. The molecule has 122 valence electrons. The molecule has 3 aromatic rings. The third-order valence-corrected chi connectivity index (χ3v) is 4.44. The molecule has 0 spiro atoms. The molecule has 0 saturated heterocycles. The van der Waals surface area contributed by atoms with E-state index in [1.54, 1.807) is 10.8 Å². The fourth-order valence-corrected chi connectivity index (χ4v) is 3.14. The largest absolute Gasteiger partial charge is 0.313 e. The van der Waals surface area contributed by atoms with Crippen LogP contribution >= 0.6 is 0 Å². The van der Waals surface area contributed by atoms with Gasteiger partial charge >= 0.3 is 0 Å². The topological polar surface area (TPSA) is 65.6 Å². The zero-order valence-corrected chi connectivity index (χ0v) is 13.4. The lowest BCUT2D eigenvalue weighted by Gasteiger charge is -2.10. The van der Waals surface area contributed by atoms with Crippen LogP contribution in [-0.4, -0.2) is 24.3 Å². The minimum Gasteiger partial charge on any atom is -0.313 e. The Morgan fingerprint density at radius 2 is 1.92 bits per heavy atom. The summed E-state index contributed by atoms with van der Waals surface area (Å²) in [6.07, 6.45) is 7.66. The lowest BCUT2D eigenvalue weighted by atomic mass is 10.2. The smallest absolute Gasteiger partial charge is 0.269 e. The summed E-state index contributed by atoms with van der Waals surface area (Å²) in [5.41, 5.74) is 1.65.